The maximum atomic E-state index is 5.53. The Kier molecular flexibility index (Phi) is 7.45. The first-order valence-electron chi connectivity index (χ1n) is 7.61. The van der Waals surface area contributed by atoms with Gasteiger partial charge in [-0.05, 0) is 43.5 Å². The van der Waals surface area contributed by atoms with Crippen LogP contribution in [0.3, 0.4) is 0 Å². The minimum absolute atomic E-state index is 0.315. The highest BCUT2D eigenvalue weighted by Crippen LogP contribution is 2.33. The summed E-state index contributed by atoms with van der Waals surface area (Å²) in [5.41, 5.74) is 1.20. The van der Waals surface area contributed by atoms with Gasteiger partial charge < -0.3 is 14.8 Å². The molecule has 2 unspecified atom stereocenters. The highest BCUT2D eigenvalue weighted by atomic mass is 16.5. The summed E-state index contributed by atoms with van der Waals surface area (Å²) < 4.78 is 10.9. The molecule has 0 fully saturated rings. The van der Waals surface area contributed by atoms with Crippen LogP contribution in [-0.4, -0.2) is 20.8 Å². The van der Waals surface area contributed by atoms with Gasteiger partial charge in [0.05, 0.1) is 14.2 Å². The molecule has 1 aromatic carbocycles. The lowest BCUT2D eigenvalue weighted by atomic mass is 9.93. The summed E-state index contributed by atoms with van der Waals surface area (Å²) in [6.45, 7) is 7.75. The molecule has 0 saturated carbocycles. The lowest BCUT2D eigenvalue weighted by Gasteiger charge is -2.24. The van der Waals surface area contributed by atoms with Crippen LogP contribution in [-0.2, 0) is 0 Å². The topological polar surface area (TPSA) is 30.5 Å². The third-order valence-electron chi connectivity index (χ3n) is 3.79. The largest absolute Gasteiger partial charge is 0.497 e. The molecule has 2 atom stereocenters. The quantitative estimate of drug-likeness (QED) is 0.735. The summed E-state index contributed by atoms with van der Waals surface area (Å²) in [6, 6.07) is 6.34. The molecule has 3 nitrogen and oxygen atoms in total. The summed E-state index contributed by atoms with van der Waals surface area (Å²) in [5, 5.41) is 3.64. The van der Waals surface area contributed by atoms with Gasteiger partial charge in [-0.15, -0.1) is 0 Å². The third kappa shape index (κ3) is 4.71. The van der Waals surface area contributed by atoms with Crippen molar-refractivity contribution < 1.29 is 9.47 Å². The Morgan fingerprint density at radius 2 is 1.90 bits per heavy atom. The van der Waals surface area contributed by atoms with Crippen molar-refractivity contribution in [2.24, 2.45) is 5.92 Å². The lowest BCUT2D eigenvalue weighted by Crippen LogP contribution is -2.24. The Hall–Kier alpha value is -1.22. The predicted molar refractivity (Wildman–Crippen MR) is 84.7 cm³/mol. The summed E-state index contributed by atoms with van der Waals surface area (Å²) >= 11 is 0. The maximum Gasteiger partial charge on any atom is 0.123 e. The number of ether oxygens (including phenoxy) is 2. The normalized spacial score (nSPS) is 13.8. The molecule has 114 valence electrons. The molecule has 0 aliphatic carbocycles. The number of methoxy groups -OCH3 is 2. The average Bonchev–Trinajstić information content (AvgIpc) is 2.50. The van der Waals surface area contributed by atoms with Crippen LogP contribution in [0.25, 0.3) is 0 Å². The van der Waals surface area contributed by atoms with E-state index in [-0.39, 0.29) is 0 Å². The van der Waals surface area contributed by atoms with Gasteiger partial charge in [0.15, 0.2) is 0 Å². The van der Waals surface area contributed by atoms with Crippen LogP contribution in [0.1, 0.15) is 51.6 Å². The lowest BCUT2D eigenvalue weighted by molar-refractivity contribution is 0.365. The summed E-state index contributed by atoms with van der Waals surface area (Å²) in [4.78, 5) is 0. The van der Waals surface area contributed by atoms with Gasteiger partial charge in [-0.2, -0.15) is 0 Å². The van der Waals surface area contributed by atoms with Gasteiger partial charge in [0.2, 0.25) is 0 Å². The fourth-order valence-corrected chi connectivity index (χ4v) is 2.32. The van der Waals surface area contributed by atoms with Crippen molar-refractivity contribution in [1.29, 1.82) is 0 Å². The second kappa shape index (κ2) is 8.85. The Labute approximate surface area is 123 Å². The van der Waals surface area contributed by atoms with Crippen LogP contribution < -0.4 is 14.8 Å². The molecule has 0 aromatic heterocycles. The summed E-state index contributed by atoms with van der Waals surface area (Å²) in [5.74, 6) is 2.50. The highest BCUT2D eigenvalue weighted by Gasteiger charge is 2.18. The molecule has 20 heavy (non-hydrogen) atoms. The Balaban J connectivity index is 3.02. The Morgan fingerprint density at radius 1 is 1.15 bits per heavy atom. The molecule has 1 N–H and O–H groups in total. The van der Waals surface area contributed by atoms with Crippen molar-refractivity contribution in [2.75, 3.05) is 20.8 Å². The first-order chi connectivity index (χ1) is 9.65. The number of benzene rings is 1. The zero-order valence-corrected chi connectivity index (χ0v) is 13.5. The van der Waals surface area contributed by atoms with Gasteiger partial charge in [-0.25, -0.2) is 0 Å². The van der Waals surface area contributed by atoms with Gasteiger partial charge in [0.1, 0.15) is 11.5 Å². The molecule has 3 heteroatoms. The van der Waals surface area contributed by atoms with E-state index in [1.165, 1.54) is 12.0 Å². The van der Waals surface area contributed by atoms with E-state index >= 15 is 0 Å². The Morgan fingerprint density at radius 3 is 2.45 bits per heavy atom. The van der Waals surface area contributed by atoms with Crippen molar-refractivity contribution >= 4 is 0 Å². The van der Waals surface area contributed by atoms with Crippen LogP contribution in [0.2, 0.25) is 0 Å². The number of hydrogen-bond donors (Lipinski definition) is 1. The predicted octanol–water partition coefficient (Wildman–Crippen LogP) is 4.18. The highest BCUT2D eigenvalue weighted by molar-refractivity contribution is 5.42. The fraction of sp³-hybridized carbons (Fsp3) is 0.647. The van der Waals surface area contributed by atoms with Gasteiger partial charge in [0, 0.05) is 11.6 Å². The molecular formula is C17H29NO2. The molecule has 0 aliphatic heterocycles. The number of rotatable bonds is 9. The molecule has 0 amide bonds. The minimum Gasteiger partial charge on any atom is -0.497 e. The maximum absolute atomic E-state index is 5.53. The van der Waals surface area contributed by atoms with E-state index in [0.717, 1.165) is 30.9 Å². The zero-order valence-electron chi connectivity index (χ0n) is 13.5. The molecule has 1 aromatic rings. The molecule has 0 bridgehead atoms. The van der Waals surface area contributed by atoms with E-state index in [0.29, 0.717) is 12.0 Å². The minimum atomic E-state index is 0.315. The van der Waals surface area contributed by atoms with Gasteiger partial charge >= 0.3 is 0 Å². The SMILES string of the molecule is CCCNC(CC(C)CC)c1cc(OC)ccc1OC. The second-order valence-electron chi connectivity index (χ2n) is 5.36. The van der Waals surface area contributed by atoms with E-state index < -0.39 is 0 Å². The first kappa shape index (κ1) is 16.8. The van der Waals surface area contributed by atoms with Crippen LogP contribution in [0, 0.1) is 5.92 Å². The smallest absolute Gasteiger partial charge is 0.123 e. The van der Waals surface area contributed by atoms with Crippen molar-refractivity contribution in [1.82, 2.24) is 5.32 Å². The average molecular weight is 279 g/mol. The van der Waals surface area contributed by atoms with E-state index in [9.17, 15) is 0 Å². The molecular weight excluding hydrogens is 250 g/mol. The number of hydrogen-bond acceptors (Lipinski definition) is 3. The van der Waals surface area contributed by atoms with Crippen molar-refractivity contribution in [3.8, 4) is 11.5 Å². The van der Waals surface area contributed by atoms with Crippen molar-refractivity contribution in [2.45, 2.75) is 46.1 Å². The van der Waals surface area contributed by atoms with Gasteiger partial charge in [-0.1, -0.05) is 27.2 Å². The zero-order chi connectivity index (χ0) is 15.0. The van der Waals surface area contributed by atoms with Gasteiger partial charge in [0.25, 0.3) is 0 Å². The van der Waals surface area contributed by atoms with Gasteiger partial charge in [-0.3, -0.25) is 0 Å². The van der Waals surface area contributed by atoms with Crippen LogP contribution in [0.15, 0.2) is 18.2 Å². The Bertz CT molecular complexity index is 393. The van der Waals surface area contributed by atoms with E-state index in [1.54, 1.807) is 14.2 Å². The number of nitrogens with one attached hydrogen (secondary N) is 1. The van der Waals surface area contributed by atoms with Crippen molar-refractivity contribution in [3.05, 3.63) is 23.8 Å². The van der Waals surface area contributed by atoms with E-state index in [1.807, 2.05) is 12.1 Å². The monoisotopic (exact) mass is 279 g/mol. The van der Waals surface area contributed by atoms with E-state index in [2.05, 4.69) is 32.2 Å². The first-order valence-corrected chi connectivity index (χ1v) is 7.61. The van der Waals surface area contributed by atoms with Crippen LogP contribution >= 0.6 is 0 Å². The third-order valence-corrected chi connectivity index (χ3v) is 3.79. The van der Waals surface area contributed by atoms with Crippen molar-refractivity contribution in [3.63, 3.8) is 0 Å². The molecule has 1 rings (SSSR count). The molecule has 0 heterocycles. The fourth-order valence-electron chi connectivity index (χ4n) is 2.32. The summed E-state index contributed by atoms with van der Waals surface area (Å²) in [6.07, 6.45) is 3.43. The summed E-state index contributed by atoms with van der Waals surface area (Å²) in [7, 11) is 3.43. The van der Waals surface area contributed by atoms with Crippen LogP contribution in [0.5, 0.6) is 11.5 Å². The molecule has 0 spiro atoms. The molecule has 0 saturated heterocycles. The van der Waals surface area contributed by atoms with E-state index in [4.69, 9.17) is 9.47 Å². The molecule has 0 radical (unpaired) electrons. The molecule has 0 aliphatic rings. The standard InChI is InChI=1S/C17H29NO2/c1-6-10-18-16(11-13(3)7-2)15-12-14(19-4)8-9-17(15)20-5/h8-9,12-13,16,18H,6-7,10-11H2,1-5H3. The van der Waals surface area contributed by atoms with Crippen LogP contribution in [0.4, 0.5) is 0 Å². The second-order valence-corrected chi connectivity index (χ2v) is 5.36.